The Morgan fingerprint density at radius 1 is 1.32 bits per heavy atom. The fraction of sp³-hybridized carbons (Fsp3) is 0.273. The maximum absolute atomic E-state index is 12.6. The molecule has 8 heteroatoms. The molecule has 1 amide bonds. The fourth-order valence-electron chi connectivity index (χ4n) is 1.53. The summed E-state index contributed by atoms with van der Waals surface area (Å²) in [7, 11) is 0. The number of nitrogens with one attached hydrogen (secondary N) is 1. The molecule has 0 spiro atoms. The van der Waals surface area contributed by atoms with Gasteiger partial charge < -0.3 is 14.8 Å². The van der Waals surface area contributed by atoms with Gasteiger partial charge in [0.05, 0.1) is 5.69 Å². The van der Waals surface area contributed by atoms with E-state index in [9.17, 15) is 18.4 Å². The number of halogens is 3. The van der Waals surface area contributed by atoms with Gasteiger partial charge >= 0.3 is 11.3 Å². The molecule has 5 nitrogen and oxygen atoms in total. The zero-order valence-corrected chi connectivity index (χ0v) is 10.4. The molecular weight excluding hydrogens is 284 g/mol. The average molecular weight is 292 g/mol. The Labute approximate surface area is 111 Å². The first-order valence-electron chi connectivity index (χ1n) is 5.12. The summed E-state index contributed by atoms with van der Waals surface area (Å²) in [5.74, 6) is -1.60. The van der Waals surface area contributed by atoms with Crippen LogP contribution in [0.2, 0.25) is 0 Å². The Hall–Kier alpha value is -1.89. The lowest BCUT2D eigenvalue weighted by Crippen LogP contribution is -2.29. The van der Waals surface area contributed by atoms with E-state index in [2.05, 4.69) is 11.6 Å². The highest BCUT2D eigenvalue weighted by Crippen LogP contribution is 2.37. The van der Waals surface area contributed by atoms with Crippen LogP contribution in [0.25, 0.3) is 0 Å². The summed E-state index contributed by atoms with van der Waals surface area (Å²) in [6, 6.07) is 2.55. The van der Waals surface area contributed by atoms with E-state index in [4.69, 9.17) is 9.47 Å². The van der Waals surface area contributed by atoms with Crippen molar-refractivity contribution in [3.05, 3.63) is 17.7 Å². The normalized spacial score (nSPS) is 13.3. The summed E-state index contributed by atoms with van der Waals surface area (Å²) in [6.07, 6.45) is 0. The van der Waals surface area contributed by atoms with Gasteiger partial charge in [-0.25, -0.2) is 0 Å². The number of carbonyl (C=O) groups is 2. The third kappa shape index (κ3) is 2.76. The molecule has 0 saturated heterocycles. The summed E-state index contributed by atoms with van der Waals surface area (Å²) in [6.45, 7) is 1.18. The van der Waals surface area contributed by atoms with Crippen molar-refractivity contribution in [1.29, 1.82) is 0 Å². The van der Waals surface area contributed by atoms with Crippen molar-refractivity contribution >= 4 is 29.0 Å². The van der Waals surface area contributed by atoms with Crippen molar-refractivity contribution in [3.63, 3.8) is 0 Å². The van der Waals surface area contributed by atoms with E-state index in [1.807, 2.05) is 5.32 Å². The Bertz CT molecular complexity index is 556. The Morgan fingerprint density at radius 3 is 2.42 bits per heavy atom. The van der Waals surface area contributed by atoms with Crippen LogP contribution >= 0.6 is 11.6 Å². The van der Waals surface area contributed by atoms with Crippen molar-refractivity contribution in [2.75, 3.05) is 12.1 Å². The number of fused-ring (bicyclic) bond motifs is 1. The van der Waals surface area contributed by atoms with Gasteiger partial charge in [0, 0.05) is 11.6 Å². The lowest BCUT2D eigenvalue weighted by atomic mass is 10.1. The van der Waals surface area contributed by atoms with Crippen molar-refractivity contribution in [1.82, 2.24) is 0 Å². The second-order valence-electron chi connectivity index (χ2n) is 3.76. The molecular formula is C11H8ClF2NO4. The van der Waals surface area contributed by atoms with E-state index in [-0.39, 0.29) is 23.8 Å². The van der Waals surface area contributed by atoms with Crippen molar-refractivity contribution in [3.8, 4) is 11.5 Å². The monoisotopic (exact) mass is 291 g/mol. The minimum absolute atomic E-state index is 0.0264. The first kappa shape index (κ1) is 13.5. The van der Waals surface area contributed by atoms with E-state index in [1.165, 1.54) is 19.1 Å². The predicted octanol–water partition coefficient (Wildman–Crippen LogP) is 2.39. The standard InChI is InChI=1S/C11H8ClF2NO4/c1-5(16)6-2-8-9(19-4-18-8)3-7(6)15-10(17)11(12,13)14/h2-3H,4H2,1H3,(H,15,17). The minimum atomic E-state index is -4.07. The second kappa shape index (κ2) is 4.65. The maximum atomic E-state index is 12.6. The molecule has 1 aromatic carbocycles. The van der Waals surface area contributed by atoms with Crippen LogP contribution in [0.1, 0.15) is 17.3 Å². The summed E-state index contributed by atoms with van der Waals surface area (Å²) in [5.41, 5.74) is -0.0828. The van der Waals surface area contributed by atoms with E-state index in [1.54, 1.807) is 0 Å². The van der Waals surface area contributed by atoms with Crippen LogP contribution in [-0.2, 0) is 4.79 Å². The zero-order chi connectivity index (χ0) is 14.2. The highest BCUT2D eigenvalue weighted by atomic mass is 35.5. The molecule has 102 valence electrons. The summed E-state index contributed by atoms with van der Waals surface area (Å²) in [5, 5.41) is -2.18. The number of amides is 1. The predicted molar refractivity (Wildman–Crippen MR) is 62.0 cm³/mol. The number of hydrogen-bond acceptors (Lipinski definition) is 4. The SMILES string of the molecule is CC(=O)c1cc2c(cc1NC(=O)C(F)(F)Cl)OCO2. The summed E-state index contributed by atoms with van der Waals surface area (Å²) < 4.78 is 35.3. The molecule has 0 fully saturated rings. The number of anilines is 1. The largest absolute Gasteiger partial charge is 0.454 e. The third-order valence-electron chi connectivity index (χ3n) is 2.40. The van der Waals surface area contributed by atoms with Crippen LogP contribution in [0.5, 0.6) is 11.5 Å². The van der Waals surface area contributed by atoms with Crippen molar-refractivity contribution in [2.24, 2.45) is 0 Å². The number of ether oxygens (including phenoxy) is 2. The van der Waals surface area contributed by atoms with Crippen LogP contribution in [0.4, 0.5) is 14.5 Å². The van der Waals surface area contributed by atoms with Gasteiger partial charge in [0.2, 0.25) is 6.79 Å². The number of rotatable bonds is 3. The van der Waals surface area contributed by atoms with Crippen LogP contribution in [0, 0.1) is 0 Å². The van der Waals surface area contributed by atoms with E-state index >= 15 is 0 Å². The van der Waals surface area contributed by atoms with Gasteiger partial charge in [-0.05, 0) is 24.6 Å². The van der Waals surface area contributed by atoms with Gasteiger partial charge in [-0.2, -0.15) is 8.78 Å². The van der Waals surface area contributed by atoms with Gasteiger partial charge in [0.1, 0.15) is 0 Å². The van der Waals surface area contributed by atoms with Gasteiger partial charge in [0.15, 0.2) is 17.3 Å². The molecule has 1 aromatic rings. The molecule has 0 bridgehead atoms. The topological polar surface area (TPSA) is 64.6 Å². The Kier molecular flexibility index (Phi) is 3.32. The lowest BCUT2D eigenvalue weighted by Gasteiger charge is -2.12. The van der Waals surface area contributed by atoms with Gasteiger partial charge in [-0.3, -0.25) is 9.59 Å². The molecule has 1 heterocycles. The first-order chi connectivity index (χ1) is 8.79. The Balaban J connectivity index is 2.39. The molecule has 0 radical (unpaired) electrons. The van der Waals surface area contributed by atoms with Crippen molar-refractivity contribution < 1.29 is 27.8 Å². The number of ketones is 1. The van der Waals surface area contributed by atoms with Gasteiger partial charge in [-0.15, -0.1) is 0 Å². The average Bonchev–Trinajstić information content (AvgIpc) is 2.73. The number of hydrogen-bond donors (Lipinski definition) is 1. The van der Waals surface area contributed by atoms with Gasteiger partial charge in [0.25, 0.3) is 0 Å². The molecule has 1 N–H and O–H groups in total. The molecule has 1 aliphatic rings. The van der Waals surface area contributed by atoms with E-state index in [0.29, 0.717) is 5.75 Å². The molecule has 0 atom stereocenters. The van der Waals surface area contributed by atoms with E-state index < -0.39 is 17.1 Å². The molecule has 19 heavy (non-hydrogen) atoms. The second-order valence-corrected chi connectivity index (χ2v) is 4.23. The highest BCUT2D eigenvalue weighted by molar-refractivity contribution is 6.34. The number of Topliss-reactive ketones (excluding diaryl/α,β-unsaturated/α-hetero) is 1. The molecule has 0 aromatic heterocycles. The van der Waals surface area contributed by atoms with Crippen LogP contribution in [0.3, 0.4) is 0 Å². The maximum Gasteiger partial charge on any atom is 0.400 e. The quantitative estimate of drug-likeness (QED) is 0.686. The number of alkyl halides is 3. The zero-order valence-electron chi connectivity index (χ0n) is 9.63. The number of benzene rings is 1. The van der Waals surface area contributed by atoms with Gasteiger partial charge in [-0.1, -0.05) is 0 Å². The smallest absolute Gasteiger partial charge is 0.400 e. The van der Waals surface area contributed by atoms with Crippen molar-refractivity contribution in [2.45, 2.75) is 12.3 Å². The van der Waals surface area contributed by atoms with Crippen LogP contribution in [0.15, 0.2) is 12.1 Å². The highest BCUT2D eigenvalue weighted by Gasteiger charge is 2.36. The first-order valence-corrected chi connectivity index (χ1v) is 5.49. The summed E-state index contributed by atoms with van der Waals surface area (Å²) >= 11 is 4.60. The molecule has 0 saturated carbocycles. The number of carbonyl (C=O) groups excluding carboxylic acids is 2. The minimum Gasteiger partial charge on any atom is -0.454 e. The summed E-state index contributed by atoms with van der Waals surface area (Å²) in [4.78, 5) is 22.6. The van der Waals surface area contributed by atoms with E-state index in [0.717, 1.165) is 0 Å². The van der Waals surface area contributed by atoms with Crippen LogP contribution in [-0.4, -0.2) is 23.9 Å². The molecule has 1 aliphatic heterocycles. The molecule has 2 rings (SSSR count). The molecule has 0 unspecified atom stereocenters. The fourth-order valence-corrected chi connectivity index (χ4v) is 1.58. The van der Waals surface area contributed by atoms with Crippen LogP contribution < -0.4 is 14.8 Å². The Morgan fingerprint density at radius 2 is 1.89 bits per heavy atom. The molecule has 0 aliphatic carbocycles. The lowest BCUT2D eigenvalue weighted by molar-refractivity contribution is -0.130. The third-order valence-corrected chi connectivity index (χ3v) is 2.57.